The second-order valence-electron chi connectivity index (χ2n) is 4.80. The summed E-state index contributed by atoms with van der Waals surface area (Å²) in [4.78, 5) is 37.2. The Morgan fingerprint density at radius 3 is 2.43 bits per heavy atom. The molecule has 0 saturated carbocycles. The number of imide groups is 1. The van der Waals surface area contributed by atoms with Crippen LogP contribution in [0.1, 0.15) is 20.7 Å². The zero-order chi connectivity index (χ0) is 15.0. The van der Waals surface area contributed by atoms with Crippen LogP contribution in [0.15, 0.2) is 47.4 Å². The molecule has 0 bridgehead atoms. The molecule has 0 fully saturated rings. The molecule has 1 aromatic carbocycles. The summed E-state index contributed by atoms with van der Waals surface area (Å²) in [6, 6.07) is 9.45. The first-order chi connectivity index (χ1) is 10.1. The van der Waals surface area contributed by atoms with E-state index in [1.54, 1.807) is 30.5 Å². The Kier molecular flexibility index (Phi) is 3.06. The van der Waals surface area contributed by atoms with E-state index in [1.807, 2.05) is 0 Å². The number of amides is 2. The number of aromatic nitrogens is 1. The average molecular weight is 283 g/mol. The van der Waals surface area contributed by atoms with E-state index in [0.717, 1.165) is 4.90 Å². The maximum absolute atomic E-state index is 12.2. The van der Waals surface area contributed by atoms with Gasteiger partial charge in [0, 0.05) is 31.0 Å². The Bertz CT molecular complexity index is 795. The lowest BCUT2D eigenvalue weighted by atomic mass is 10.1. The lowest BCUT2D eigenvalue weighted by Gasteiger charge is -2.14. The number of hydrogen-bond donors (Lipinski definition) is 1. The van der Waals surface area contributed by atoms with E-state index in [1.165, 1.54) is 16.7 Å². The number of nitrogens with two attached hydrogens (primary N) is 1. The van der Waals surface area contributed by atoms with Crippen molar-refractivity contribution in [2.75, 3.05) is 12.3 Å². The van der Waals surface area contributed by atoms with Crippen LogP contribution >= 0.6 is 0 Å². The van der Waals surface area contributed by atoms with Crippen LogP contribution in [-0.4, -0.2) is 27.8 Å². The number of nitrogens with zero attached hydrogens (tertiary/aromatic N) is 2. The van der Waals surface area contributed by atoms with E-state index in [4.69, 9.17) is 5.73 Å². The maximum Gasteiger partial charge on any atom is 0.261 e. The van der Waals surface area contributed by atoms with Gasteiger partial charge in [0.2, 0.25) is 0 Å². The minimum atomic E-state index is -0.369. The zero-order valence-corrected chi connectivity index (χ0v) is 11.2. The molecule has 1 aliphatic rings. The summed E-state index contributed by atoms with van der Waals surface area (Å²) in [5.74, 6) is -0.717. The van der Waals surface area contributed by atoms with Crippen LogP contribution in [0.25, 0.3) is 0 Å². The Morgan fingerprint density at radius 1 is 0.905 bits per heavy atom. The summed E-state index contributed by atoms with van der Waals surface area (Å²) in [6.45, 7) is 0.413. The summed E-state index contributed by atoms with van der Waals surface area (Å²) < 4.78 is 1.46. The fourth-order valence-electron chi connectivity index (χ4n) is 2.36. The molecule has 0 aliphatic carbocycles. The lowest BCUT2D eigenvalue weighted by molar-refractivity contribution is 0.0648. The fourth-order valence-corrected chi connectivity index (χ4v) is 2.36. The van der Waals surface area contributed by atoms with Crippen molar-refractivity contribution in [3.63, 3.8) is 0 Å². The van der Waals surface area contributed by atoms with E-state index in [2.05, 4.69) is 0 Å². The number of anilines is 1. The summed E-state index contributed by atoms with van der Waals surface area (Å²) in [5.41, 5.74) is 6.59. The third-order valence-corrected chi connectivity index (χ3v) is 3.46. The average Bonchev–Trinajstić information content (AvgIpc) is 2.70. The fraction of sp³-hybridized carbons (Fsp3) is 0.133. The predicted molar refractivity (Wildman–Crippen MR) is 76.9 cm³/mol. The molecule has 2 amide bonds. The molecule has 1 aliphatic heterocycles. The normalized spacial score (nSPS) is 13.6. The third kappa shape index (κ3) is 2.20. The largest absolute Gasteiger partial charge is 0.399 e. The van der Waals surface area contributed by atoms with Gasteiger partial charge >= 0.3 is 0 Å². The van der Waals surface area contributed by atoms with Gasteiger partial charge < -0.3 is 10.3 Å². The van der Waals surface area contributed by atoms with Crippen molar-refractivity contribution in [3.8, 4) is 0 Å². The highest BCUT2D eigenvalue weighted by Crippen LogP contribution is 2.24. The highest BCUT2D eigenvalue weighted by Gasteiger charge is 2.35. The van der Waals surface area contributed by atoms with Gasteiger partial charge in [0.05, 0.1) is 11.1 Å². The molecule has 0 saturated heterocycles. The molecule has 106 valence electrons. The van der Waals surface area contributed by atoms with Crippen LogP contribution in [0.4, 0.5) is 5.69 Å². The molecule has 1 aromatic heterocycles. The highest BCUT2D eigenvalue weighted by molar-refractivity contribution is 6.21. The van der Waals surface area contributed by atoms with Crippen LogP contribution in [0.5, 0.6) is 0 Å². The molecule has 2 aromatic rings. The third-order valence-electron chi connectivity index (χ3n) is 3.46. The SMILES string of the molecule is Nc1ccc2c(c1)C(=O)N(CCn1ccccc1=O)C2=O. The Morgan fingerprint density at radius 2 is 1.67 bits per heavy atom. The predicted octanol–water partition coefficient (Wildman–Crippen LogP) is 0.727. The van der Waals surface area contributed by atoms with Crippen LogP contribution in [0, 0.1) is 0 Å². The summed E-state index contributed by atoms with van der Waals surface area (Å²) >= 11 is 0. The van der Waals surface area contributed by atoms with Crippen molar-refractivity contribution in [1.82, 2.24) is 9.47 Å². The van der Waals surface area contributed by atoms with Crippen molar-refractivity contribution >= 4 is 17.5 Å². The lowest BCUT2D eigenvalue weighted by Crippen LogP contribution is -2.34. The molecular formula is C15H13N3O3. The summed E-state index contributed by atoms with van der Waals surface area (Å²) in [5, 5.41) is 0. The quantitative estimate of drug-likeness (QED) is 0.664. The minimum absolute atomic E-state index is 0.149. The van der Waals surface area contributed by atoms with Gasteiger partial charge in [-0.25, -0.2) is 0 Å². The van der Waals surface area contributed by atoms with Gasteiger partial charge in [-0.05, 0) is 24.3 Å². The Labute approximate surface area is 120 Å². The van der Waals surface area contributed by atoms with E-state index in [0.29, 0.717) is 16.8 Å². The first kappa shape index (κ1) is 13.1. The number of nitrogen functional groups attached to an aromatic ring is 1. The molecular weight excluding hydrogens is 270 g/mol. The smallest absolute Gasteiger partial charge is 0.261 e. The number of benzene rings is 1. The Hall–Kier alpha value is -2.89. The first-order valence-corrected chi connectivity index (χ1v) is 6.49. The minimum Gasteiger partial charge on any atom is -0.399 e. The van der Waals surface area contributed by atoms with Crippen LogP contribution < -0.4 is 11.3 Å². The molecule has 3 rings (SSSR count). The molecule has 0 unspecified atom stereocenters. The van der Waals surface area contributed by atoms with Gasteiger partial charge in [-0.3, -0.25) is 19.3 Å². The van der Waals surface area contributed by atoms with E-state index < -0.39 is 0 Å². The number of fused-ring (bicyclic) bond motifs is 1. The van der Waals surface area contributed by atoms with Crippen LogP contribution in [0.2, 0.25) is 0 Å². The van der Waals surface area contributed by atoms with Crippen LogP contribution in [-0.2, 0) is 6.54 Å². The Balaban J connectivity index is 1.83. The standard InChI is InChI=1S/C15H13N3O3/c16-10-4-5-11-12(9-10)15(21)18(14(11)20)8-7-17-6-2-1-3-13(17)19/h1-6,9H,7-8,16H2. The van der Waals surface area contributed by atoms with Gasteiger partial charge in [0.25, 0.3) is 17.4 Å². The van der Waals surface area contributed by atoms with Crippen LogP contribution in [0.3, 0.4) is 0 Å². The molecule has 6 nitrogen and oxygen atoms in total. The summed E-state index contributed by atoms with van der Waals surface area (Å²) in [6.07, 6.45) is 1.62. The van der Waals surface area contributed by atoms with Crippen molar-refractivity contribution in [3.05, 3.63) is 64.1 Å². The molecule has 21 heavy (non-hydrogen) atoms. The number of pyridine rings is 1. The van der Waals surface area contributed by atoms with Gasteiger partial charge in [-0.1, -0.05) is 6.07 Å². The van der Waals surface area contributed by atoms with Gasteiger partial charge in [0.1, 0.15) is 0 Å². The molecule has 0 radical (unpaired) electrons. The van der Waals surface area contributed by atoms with Crippen molar-refractivity contribution < 1.29 is 9.59 Å². The van der Waals surface area contributed by atoms with E-state index in [9.17, 15) is 14.4 Å². The van der Waals surface area contributed by atoms with Crippen molar-refractivity contribution in [2.24, 2.45) is 0 Å². The molecule has 0 atom stereocenters. The van der Waals surface area contributed by atoms with Crippen molar-refractivity contribution in [1.29, 1.82) is 0 Å². The summed E-state index contributed by atoms with van der Waals surface area (Å²) in [7, 11) is 0. The molecule has 2 heterocycles. The second kappa shape index (κ2) is 4.90. The molecule has 0 spiro atoms. The highest BCUT2D eigenvalue weighted by atomic mass is 16.2. The zero-order valence-electron chi connectivity index (χ0n) is 11.2. The number of rotatable bonds is 3. The van der Waals surface area contributed by atoms with Gasteiger partial charge in [-0.15, -0.1) is 0 Å². The maximum atomic E-state index is 12.2. The number of hydrogen-bond acceptors (Lipinski definition) is 4. The molecule has 6 heteroatoms. The van der Waals surface area contributed by atoms with Gasteiger partial charge in [-0.2, -0.15) is 0 Å². The monoisotopic (exact) mass is 283 g/mol. The number of carbonyl (C=O) groups is 2. The second-order valence-corrected chi connectivity index (χ2v) is 4.80. The first-order valence-electron chi connectivity index (χ1n) is 6.49. The van der Waals surface area contributed by atoms with E-state index in [-0.39, 0.29) is 30.5 Å². The van der Waals surface area contributed by atoms with E-state index >= 15 is 0 Å². The van der Waals surface area contributed by atoms with Gasteiger partial charge in [0.15, 0.2) is 0 Å². The number of carbonyl (C=O) groups excluding carboxylic acids is 2. The topological polar surface area (TPSA) is 85.4 Å². The van der Waals surface area contributed by atoms with Crippen molar-refractivity contribution in [2.45, 2.75) is 6.54 Å². The molecule has 2 N–H and O–H groups in total.